The lowest BCUT2D eigenvalue weighted by Gasteiger charge is -2.25. The van der Waals surface area contributed by atoms with Crippen LogP contribution >= 0.6 is 0 Å². The lowest BCUT2D eigenvalue weighted by atomic mass is 10.1. The van der Waals surface area contributed by atoms with Crippen molar-refractivity contribution in [2.45, 2.75) is 39.7 Å². The minimum atomic E-state index is -0.111. The van der Waals surface area contributed by atoms with Gasteiger partial charge >= 0.3 is 0 Å². The normalized spacial score (nSPS) is 15.8. The van der Waals surface area contributed by atoms with Gasteiger partial charge in [0.05, 0.1) is 5.69 Å². The van der Waals surface area contributed by atoms with Crippen molar-refractivity contribution in [1.29, 1.82) is 0 Å². The van der Waals surface area contributed by atoms with Crippen LogP contribution in [0.2, 0.25) is 0 Å². The van der Waals surface area contributed by atoms with Crippen LogP contribution in [0.25, 0.3) is 17.2 Å². The summed E-state index contributed by atoms with van der Waals surface area (Å²) in [5.41, 5.74) is 4.08. The van der Waals surface area contributed by atoms with Crippen molar-refractivity contribution >= 4 is 5.78 Å². The monoisotopic (exact) mass is 337 g/mol. The molecule has 3 aromatic rings. The molecule has 1 aromatic carbocycles. The Morgan fingerprint density at radius 3 is 2.60 bits per heavy atom. The highest BCUT2D eigenvalue weighted by Gasteiger charge is 2.14. The van der Waals surface area contributed by atoms with Gasteiger partial charge < -0.3 is 0 Å². The average Bonchev–Trinajstić information content (AvgIpc) is 3.03. The van der Waals surface area contributed by atoms with Crippen LogP contribution in [-0.2, 0) is 6.54 Å². The van der Waals surface area contributed by atoms with Crippen LogP contribution in [0, 0.1) is 13.8 Å². The summed E-state index contributed by atoms with van der Waals surface area (Å²) in [6.45, 7) is 7.03. The molecule has 0 amide bonds. The number of likely N-dealkylation sites (tertiary alicyclic amines) is 1. The molecule has 1 aliphatic rings. The predicted molar refractivity (Wildman–Crippen MR) is 97.6 cm³/mol. The molecule has 0 aliphatic carbocycles. The van der Waals surface area contributed by atoms with Crippen LogP contribution in [0.4, 0.5) is 0 Å². The zero-order chi connectivity index (χ0) is 17.4. The molecule has 0 radical (unpaired) electrons. The standard InChI is InChI=1S/C19H23N5O/c1-13-6-7-15(10-14(13)2)18-21-19-20-16(11-17(25)24(19)22-18)12-23-8-4-3-5-9-23/h6-7,10-11H,3-5,8-9,12H2,1-2H3,(H,20,21,22). The predicted octanol–water partition coefficient (Wildman–Crippen LogP) is 2.69. The van der Waals surface area contributed by atoms with Gasteiger partial charge in [-0.15, -0.1) is 0 Å². The molecule has 0 saturated carbocycles. The molecular weight excluding hydrogens is 314 g/mol. The van der Waals surface area contributed by atoms with E-state index in [0.717, 1.165) is 30.9 Å². The van der Waals surface area contributed by atoms with Gasteiger partial charge in [0, 0.05) is 18.2 Å². The van der Waals surface area contributed by atoms with Crippen molar-refractivity contribution in [3.8, 4) is 11.4 Å². The molecule has 0 atom stereocenters. The smallest absolute Gasteiger partial charge is 0.274 e. The van der Waals surface area contributed by atoms with Gasteiger partial charge in [-0.05, 0) is 57.0 Å². The Kier molecular flexibility index (Phi) is 4.13. The van der Waals surface area contributed by atoms with Crippen LogP contribution in [0.3, 0.4) is 0 Å². The Morgan fingerprint density at radius 1 is 1.04 bits per heavy atom. The van der Waals surface area contributed by atoms with Gasteiger partial charge in [-0.25, -0.2) is 4.98 Å². The van der Waals surface area contributed by atoms with E-state index in [1.807, 2.05) is 6.07 Å². The molecule has 130 valence electrons. The van der Waals surface area contributed by atoms with Gasteiger partial charge in [0.2, 0.25) is 0 Å². The summed E-state index contributed by atoms with van der Waals surface area (Å²) in [6.07, 6.45) is 3.74. The molecule has 6 heteroatoms. The largest absolute Gasteiger partial charge is 0.298 e. The lowest BCUT2D eigenvalue weighted by Crippen LogP contribution is -2.30. The fourth-order valence-electron chi connectivity index (χ4n) is 3.37. The minimum absolute atomic E-state index is 0.111. The van der Waals surface area contributed by atoms with E-state index in [9.17, 15) is 4.79 Å². The molecule has 0 spiro atoms. The molecule has 6 nitrogen and oxygen atoms in total. The maximum atomic E-state index is 12.4. The van der Waals surface area contributed by atoms with E-state index in [1.54, 1.807) is 6.07 Å². The number of fused-ring (bicyclic) bond motifs is 1. The van der Waals surface area contributed by atoms with E-state index in [2.05, 4.69) is 45.9 Å². The van der Waals surface area contributed by atoms with Gasteiger partial charge in [0.15, 0.2) is 5.82 Å². The third kappa shape index (κ3) is 3.22. The summed E-state index contributed by atoms with van der Waals surface area (Å²) in [5.74, 6) is 1.11. The Balaban J connectivity index is 1.68. The van der Waals surface area contributed by atoms with E-state index in [-0.39, 0.29) is 5.56 Å². The molecule has 1 saturated heterocycles. The van der Waals surface area contributed by atoms with Gasteiger partial charge in [-0.1, -0.05) is 18.6 Å². The zero-order valence-electron chi connectivity index (χ0n) is 14.7. The number of hydrogen-bond donors (Lipinski definition) is 1. The lowest BCUT2D eigenvalue weighted by molar-refractivity contribution is 0.218. The third-order valence-electron chi connectivity index (χ3n) is 5.00. The van der Waals surface area contributed by atoms with Crippen LogP contribution in [-0.4, -0.2) is 37.6 Å². The van der Waals surface area contributed by atoms with Crippen LogP contribution in [0.15, 0.2) is 29.1 Å². The number of piperidine rings is 1. The molecule has 0 bridgehead atoms. The highest BCUT2D eigenvalue weighted by Crippen LogP contribution is 2.19. The summed E-state index contributed by atoms with van der Waals surface area (Å²) in [4.78, 5) is 23.9. The quantitative estimate of drug-likeness (QED) is 0.798. The van der Waals surface area contributed by atoms with Gasteiger partial charge in [-0.2, -0.15) is 9.50 Å². The summed E-state index contributed by atoms with van der Waals surface area (Å²) in [7, 11) is 0. The summed E-state index contributed by atoms with van der Waals surface area (Å²) in [5, 5.41) is 3.07. The van der Waals surface area contributed by atoms with Crippen molar-refractivity contribution in [3.05, 3.63) is 51.4 Å². The summed E-state index contributed by atoms with van der Waals surface area (Å²) in [6, 6.07) is 7.77. The summed E-state index contributed by atoms with van der Waals surface area (Å²) >= 11 is 0. The van der Waals surface area contributed by atoms with Crippen molar-refractivity contribution < 1.29 is 0 Å². The van der Waals surface area contributed by atoms with Crippen molar-refractivity contribution in [2.24, 2.45) is 0 Å². The SMILES string of the molecule is Cc1ccc(-c2nc3nc(CN4CCCCC4)cc(=O)n3[nH]2)cc1C. The van der Waals surface area contributed by atoms with E-state index < -0.39 is 0 Å². The van der Waals surface area contributed by atoms with Crippen molar-refractivity contribution in [2.75, 3.05) is 13.1 Å². The number of nitrogens with one attached hydrogen (secondary N) is 1. The molecule has 25 heavy (non-hydrogen) atoms. The molecule has 0 unspecified atom stereocenters. The molecule has 4 rings (SSSR count). The Labute approximate surface area is 146 Å². The highest BCUT2D eigenvalue weighted by atomic mass is 16.1. The number of aromatic amines is 1. The Morgan fingerprint density at radius 2 is 1.84 bits per heavy atom. The highest BCUT2D eigenvalue weighted by molar-refractivity contribution is 5.58. The van der Waals surface area contributed by atoms with Crippen LogP contribution in [0.5, 0.6) is 0 Å². The molecular formula is C19H23N5O. The Bertz CT molecular complexity index is 966. The van der Waals surface area contributed by atoms with E-state index >= 15 is 0 Å². The average molecular weight is 337 g/mol. The number of benzene rings is 1. The molecule has 1 aliphatic heterocycles. The van der Waals surface area contributed by atoms with Gasteiger partial charge in [0.25, 0.3) is 11.3 Å². The number of aryl methyl sites for hydroxylation is 2. The van der Waals surface area contributed by atoms with E-state index in [1.165, 1.54) is 34.9 Å². The van der Waals surface area contributed by atoms with Gasteiger partial charge in [-0.3, -0.25) is 14.8 Å². The van der Waals surface area contributed by atoms with E-state index in [0.29, 0.717) is 11.6 Å². The molecule has 3 heterocycles. The number of rotatable bonds is 3. The van der Waals surface area contributed by atoms with Crippen LogP contribution in [0.1, 0.15) is 36.1 Å². The fraction of sp³-hybridized carbons (Fsp3) is 0.421. The molecule has 1 fully saturated rings. The first-order chi connectivity index (χ1) is 12.1. The molecule has 1 N–H and O–H groups in total. The first-order valence-electron chi connectivity index (χ1n) is 8.89. The Hall–Kier alpha value is -2.47. The number of aromatic nitrogens is 4. The second-order valence-electron chi connectivity index (χ2n) is 6.93. The maximum Gasteiger partial charge on any atom is 0.274 e. The second-order valence-corrected chi connectivity index (χ2v) is 6.93. The third-order valence-corrected chi connectivity index (χ3v) is 5.00. The summed E-state index contributed by atoms with van der Waals surface area (Å²) < 4.78 is 1.42. The number of hydrogen-bond acceptors (Lipinski definition) is 4. The first-order valence-corrected chi connectivity index (χ1v) is 8.89. The first kappa shape index (κ1) is 16.0. The number of nitrogens with zero attached hydrogens (tertiary/aromatic N) is 4. The molecule has 2 aromatic heterocycles. The number of H-pyrrole nitrogens is 1. The van der Waals surface area contributed by atoms with Gasteiger partial charge in [0.1, 0.15) is 0 Å². The zero-order valence-corrected chi connectivity index (χ0v) is 14.7. The van der Waals surface area contributed by atoms with Crippen molar-refractivity contribution in [3.63, 3.8) is 0 Å². The topological polar surface area (TPSA) is 66.3 Å². The maximum absolute atomic E-state index is 12.4. The van der Waals surface area contributed by atoms with Crippen molar-refractivity contribution in [1.82, 2.24) is 24.5 Å². The van der Waals surface area contributed by atoms with Crippen LogP contribution < -0.4 is 5.56 Å². The minimum Gasteiger partial charge on any atom is -0.298 e. The van der Waals surface area contributed by atoms with E-state index in [4.69, 9.17) is 0 Å². The second kappa shape index (κ2) is 6.44. The fourth-order valence-corrected chi connectivity index (χ4v) is 3.37.